The summed E-state index contributed by atoms with van der Waals surface area (Å²) in [5, 5.41) is 3.50. The van der Waals surface area contributed by atoms with Crippen LogP contribution in [0.4, 0.5) is 5.69 Å². The number of pyridine rings is 1. The molecule has 2 aromatic heterocycles. The number of amides is 1. The monoisotopic (exact) mass is 364 g/mol. The van der Waals surface area contributed by atoms with Crippen molar-refractivity contribution in [2.75, 3.05) is 12.4 Å². The molecule has 0 spiro atoms. The van der Waals surface area contributed by atoms with Gasteiger partial charge >= 0.3 is 0 Å². The number of methoxy groups -OCH3 is 1. The van der Waals surface area contributed by atoms with Gasteiger partial charge in [0.1, 0.15) is 0 Å². The molecular weight excluding hydrogens is 355 g/mol. The maximum atomic E-state index is 12.6. The highest BCUT2D eigenvalue weighted by molar-refractivity contribution is 6.39. The number of aromatic nitrogens is 1. The average Bonchev–Trinajstić information content (AvgIpc) is 3.01. The minimum Gasteiger partial charge on any atom is -0.493 e. The number of aldehydes is 1. The smallest absolute Gasteiger partial charge is 0.256 e. The van der Waals surface area contributed by atoms with Crippen molar-refractivity contribution in [2.45, 2.75) is 0 Å². The van der Waals surface area contributed by atoms with Crippen molar-refractivity contribution in [1.82, 2.24) is 4.98 Å². The van der Waals surface area contributed by atoms with E-state index in [0.717, 1.165) is 0 Å². The standard InChI is InChI=1S/C16H10Cl2N2O4/c1-23-13-3-2-9(10-4-8(7-21)24-15(10)13)16(22)20-14-11(17)5-19-6-12(14)18/h2-7H,1H3,(H,19,20,22). The van der Waals surface area contributed by atoms with Crippen LogP contribution in [0.3, 0.4) is 0 Å². The van der Waals surface area contributed by atoms with Gasteiger partial charge in [0, 0.05) is 17.8 Å². The van der Waals surface area contributed by atoms with Crippen LogP contribution in [0.1, 0.15) is 20.9 Å². The second-order valence-corrected chi connectivity index (χ2v) is 5.57. The number of nitrogens with one attached hydrogen (secondary N) is 1. The van der Waals surface area contributed by atoms with Gasteiger partial charge in [-0.05, 0) is 18.2 Å². The first kappa shape index (κ1) is 16.3. The topological polar surface area (TPSA) is 81.4 Å². The lowest BCUT2D eigenvalue weighted by molar-refractivity contribution is 0.102. The number of hydrogen-bond acceptors (Lipinski definition) is 5. The Morgan fingerprint density at radius 1 is 1.29 bits per heavy atom. The first-order valence-electron chi connectivity index (χ1n) is 6.71. The summed E-state index contributed by atoms with van der Waals surface area (Å²) >= 11 is 12.0. The molecule has 3 rings (SSSR count). The number of rotatable bonds is 4. The zero-order chi connectivity index (χ0) is 17.3. The van der Waals surface area contributed by atoms with Crippen molar-refractivity contribution in [1.29, 1.82) is 0 Å². The van der Waals surface area contributed by atoms with Crippen LogP contribution in [0.2, 0.25) is 10.0 Å². The third-order valence-electron chi connectivity index (χ3n) is 3.34. The zero-order valence-electron chi connectivity index (χ0n) is 12.3. The van der Waals surface area contributed by atoms with E-state index in [9.17, 15) is 9.59 Å². The molecule has 0 aliphatic carbocycles. The molecule has 0 aliphatic rings. The second kappa shape index (κ2) is 6.51. The second-order valence-electron chi connectivity index (χ2n) is 4.76. The molecule has 0 aliphatic heterocycles. The highest BCUT2D eigenvalue weighted by atomic mass is 35.5. The molecule has 8 heteroatoms. The Hall–Kier alpha value is -2.57. The Balaban J connectivity index is 2.07. The van der Waals surface area contributed by atoms with E-state index in [1.807, 2.05) is 0 Å². The Bertz CT molecular complexity index is 932. The molecule has 2 heterocycles. The zero-order valence-corrected chi connectivity index (χ0v) is 13.8. The summed E-state index contributed by atoms with van der Waals surface area (Å²) in [7, 11) is 1.47. The summed E-state index contributed by atoms with van der Waals surface area (Å²) in [4.78, 5) is 27.4. The van der Waals surface area contributed by atoms with Gasteiger partial charge in [-0.3, -0.25) is 14.6 Å². The van der Waals surface area contributed by atoms with Crippen LogP contribution in [0.25, 0.3) is 11.0 Å². The van der Waals surface area contributed by atoms with Crippen LogP contribution >= 0.6 is 23.2 Å². The minimum atomic E-state index is -0.462. The predicted octanol–water partition coefficient (Wildman–Crippen LogP) is 4.21. The number of anilines is 1. The summed E-state index contributed by atoms with van der Waals surface area (Å²) in [5.41, 5.74) is 0.840. The average molecular weight is 365 g/mol. The molecule has 0 atom stereocenters. The van der Waals surface area contributed by atoms with E-state index in [4.69, 9.17) is 32.4 Å². The molecule has 0 saturated carbocycles. The van der Waals surface area contributed by atoms with Crippen LogP contribution in [0, 0.1) is 0 Å². The number of carbonyl (C=O) groups is 2. The van der Waals surface area contributed by atoms with Gasteiger partial charge in [-0.1, -0.05) is 23.2 Å². The Labute approximate surface area is 146 Å². The van der Waals surface area contributed by atoms with Crippen molar-refractivity contribution in [3.63, 3.8) is 0 Å². The van der Waals surface area contributed by atoms with Gasteiger partial charge in [-0.2, -0.15) is 0 Å². The van der Waals surface area contributed by atoms with E-state index < -0.39 is 5.91 Å². The highest BCUT2D eigenvalue weighted by Crippen LogP contribution is 2.33. The first-order chi connectivity index (χ1) is 11.5. The van der Waals surface area contributed by atoms with Crippen molar-refractivity contribution in [2.24, 2.45) is 0 Å². The lowest BCUT2D eigenvalue weighted by Gasteiger charge is -2.10. The summed E-state index contributed by atoms with van der Waals surface area (Å²) in [6, 6.07) is 4.60. The number of hydrogen-bond donors (Lipinski definition) is 1. The van der Waals surface area contributed by atoms with Gasteiger partial charge in [0.2, 0.25) is 0 Å². The fraction of sp³-hybridized carbons (Fsp3) is 0.0625. The fourth-order valence-corrected chi connectivity index (χ4v) is 2.71. The highest BCUT2D eigenvalue weighted by Gasteiger charge is 2.19. The van der Waals surface area contributed by atoms with E-state index in [1.54, 1.807) is 12.1 Å². The molecule has 0 bridgehead atoms. The van der Waals surface area contributed by atoms with E-state index in [0.29, 0.717) is 23.0 Å². The molecule has 0 unspecified atom stereocenters. The largest absolute Gasteiger partial charge is 0.493 e. The quantitative estimate of drug-likeness (QED) is 0.701. The number of nitrogens with zero attached hydrogens (tertiary/aromatic N) is 1. The molecule has 0 radical (unpaired) electrons. The van der Waals surface area contributed by atoms with Crippen LogP contribution in [-0.4, -0.2) is 24.3 Å². The number of halogens is 2. The predicted molar refractivity (Wildman–Crippen MR) is 90.4 cm³/mol. The van der Waals surface area contributed by atoms with Crippen molar-refractivity contribution in [3.8, 4) is 5.75 Å². The number of fused-ring (bicyclic) bond motifs is 1. The lowest BCUT2D eigenvalue weighted by atomic mass is 10.1. The van der Waals surface area contributed by atoms with Crippen molar-refractivity contribution < 1.29 is 18.7 Å². The Morgan fingerprint density at radius 3 is 2.62 bits per heavy atom. The van der Waals surface area contributed by atoms with E-state index in [-0.39, 0.29) is 27.1 Å². The molecule has 1 N–H and O–H groups in total. The van der Waals surface area contributed by atoms with Gasteiger partial charge in [-0.25, -0.2) is 0 Å². The number of ether oxygens (including phenoxy) is 1. The minimum absolute atomic E-state index is 0.0866. The van der Waals surface area contributed by atoms with Gasteiger partial charge in [-0.15, -0.1) is 0 Å². The lowest BCUT2D eigenvalue weighted by Crippen LogP contribution is -2.13. The number of benzene rings is 1. The van der Waals surface area contributed by atoms with Crippen LogP contribution in [-0.2, 0) is 0 Å². The SMILES string of the molecule is COc1ccc(C(=O)Nc2c(Cl)cncc2Cl)c2cc(C=O)oc12. The maximum absolute atomic E-state index is 12.6. The van der Waals surface area contributed by atoms with Gasteiger partial charge in [0.05, 0.1) is 28.4 Å². The van der Waals surface area contributed by atoms with Crippen molar-refractivity contribution in [3.05, 3.63) is 52.0 Å². The van der Waals surface area contributed by atoms with Crippen LogP contribution in [0.15, 0.2) is 35.0 Å². The molecular formula is C16H10Cl2N2O4. The summed E-state index contributed by atoms with van der Waals surface area (Å²) in [6.45, 7) is 0. The van der Waals surface area contributed by atoms with E-state index in [1.165, 1.54) is 25.6 Å². The fourth-order valence-electron chi connectivity index (χ4n) is 2.25. The first-order valence-corrected chi connectivity index (χ1v) is 7.46. The molecule has 1 aromatic carbocycles. The Kier molecular flexibility index (Phi) is 4.42. The van der Waals surface area contributed by atoms with E-state index in [2.05, 4.69) is 10.3 Å². The maximum Gasteiger partial charge on any atom is 0.256 e. The van der Waals surface area contributed by atoms with Crippen molar-refractivity contribution >= 4 is 52.1 Å². The molecule has 0 saturated heterocycles. The molecule has 122 valence electrons. The number of furan rings is 1. The molecule has 0 fully saturated rings. The molecule has 3 aromatic rings. The molecule has 6 nitrogen and oxygen atoms in total. The van der Waals surface area contributed by atoms with Gasteiger partial charge < -0.3 is 14.5 Å². The van der Waals surface area contributed by atoms with Gasteiger partial charge in [0.15, 0.2) is 23.4 Å². The summed E-state index contributed by atoms with van der Waals surface area (Å²) in [6.07, 6.45) is 3.29. The third-order valence-corrected chi connectivity index (χ3v) is 3.91. The van der Waals surface area contributed by atoms with Gasteiger partial charge in [0.25, 0.3) is 5.91 Å². The molecule has 24 heavy (non-hydrogen) atoms. The van der Waals surface area contributed by atoms with E-state index >= 15 is 0 Å². The Morgan fingerprint density at radius 2 is 2.00 bits per heavy atom. The van der Waals surface area contributed by atoms with Crippen LogP contribution in [0.5, 0.6) is 5.75 Å². The number of carbonyl (C=O) groups excluding carboxylic acids is 2. The third kappa shape index (κ3) is 2.81. The summed E-state index contributed by atoms with van der Waals surface area (Å²) < 4.78 is 10.6. The molecule has 1 amide bonds. The summed E-state index contributed by atoms with van der Waals surface area (Å²) in [5.74, 6) is 0.0362. The normalized spacial score (nSPS) is 10.6. The van der Waals surface area contributed by atoms with Crippen LogP contribution < -0.4 is 10.1 Å².